The predicted octanol–water partition coefficient (Wildman–Crippen LogP) is 2.83. The maximum Gasteiger partial charge on any atom is 0.409 e. The van der Waals surface area contributed by atoms with E-state index in [1.807, 2.05) is 24.3 Å². The third-order valence-electron chi connectivity index (χ3n) is 2.83. The van der Waals surface area contributed by atoms with E-state index < -0.39 is 6.09 Å². The van der Waals surface area contributed by atoms with Gasteiger partial charge in [0.05, 0.1) is 0 Å². The zero-order chi connectivity index (χ0) is 10.2. The summed E-state index contributed by atoms with van der Waals surface area (Å²) < 4.78 is 0. The van der Waals surface area contributed by atoms with E-state index in [1.54, 1.807) is 0 Å². The van der Waals surface area contributed by atoms with Crippen molar-refractivity contribution in [3.8, 4) is 0 Å². The van der Waals surface area contributed by atoms with Gasteiger partial charge in [-0.3, -0.25) is 5.32 Å². The second-order valence-corrected chi connectivity index (χ2v) is 4.07. The van der Waals surface area contributed by atoms with E-state index in [2.05, 4.69) is 12.2 Å². The molecule has 74 valence electrons. The highest BCUT2D eigenvalue weighted by molar-refractivity contribution is 5.82. The summed E-state index contributed by atoms with van der Waals surface area (Å²) in [6.45, 7) is 2.23. The molecule has 0 unspecified atom stereocenters. The smallest absolute Gasteiger partial charge is 0.409 e. The lowest BCUT2D eigenvalue weighted by Gasteiger charge is -2.09. The number of rotatable bonds is 2. The molecule has 0 heterocycles. The highest BCUT2D eigenvalue weighted by atomic mass is 16.4. The summed E-state index contributed by atoms with van der Waals surface area (Å²) in [5.74, 6) is 0. The van der Waals surface area contributed by atoms with Crippen molar-refractivity contribution in [1.29, 1.82) is 0 Å². The quantitative estimate of drug-likeness (QED) is 0.755. The van der Waals surface area contributed by atoms with Crippen molar-refractivity contribution in [3.63, 3.8) is 0 Å². The summed E-state index contributed by atoms with van der Waals surface area (Å²) >= 11 is 0. The number of anilines is 1. The Labute approximate surface area is 82.8 Å². The van der Waals surface area contributed by atoms with E-state index in [9.17, 15) is 4.79 Å². The van der Waals surface area contributed by atoms with Crippen LogP contribution in [0.4, 0.5) is 10.5 Å². The van der Waals surface area contributed by atoms with Crippen LogP contribution in [0.3, 0.4) is 0 Å². The second kappa shape index (κ2) is 3.01. The number of carboxylic acid groups (broad SMARTS) is 1. The summed E-state index contributed by atoms with van der Waals surface area (Å²) in [4.78, 5) is 10.4. The molecule has 0 aliphatic heterocycles. The van der Waals surface area contributed by atoms with Crippen LogP contribution in [0, 0.1) is 0 Å². The van der Waals surface area contributed by atoms with Crippen LogP contribution in [-0.2, 0) is 5.41 Å². The average molecular weight is 191 g/mol. The van der Waals surface area contributed by atoms with Crippen LogP contribution < -0.4 is 5.32 Å². The largest absolute Gasteiger partial charge is 0.465 e. The van der Waals surface area contributed by atoms with Gasteiger partial charge >= 0.3 is 6.09 Å². The second-order valence-electron chi connectivity index (χ2n) is 4.07. The molecular weight excluding hydrogens is 178 g/mol. The number of carbonyl (C=O) groups is 1. The molecule has 1 aliphatic rings. The fourth-order valence-electron chi connectivity index (χ4n) is 1.56. The van der Waals surface area contributed by atoms with Crippen LogP contribution in [-0.4, -0.2) is 11.2 Å². The van der Waals surface area contributed by atoms with E-state index in [0.717, 1.165) is 0 Å². The average Bonchev–Trinajstić information content (AvgIpc) is 2.85. The molecule has 0 saturated heterocycles. The van der Waals surface area contributed by atoms with Crippen LogP contribution >= 0.6 is 0 Å². The molecule has 3 nitrogen and oxygen atoms in total. The normalized spacial score (nSPS) is 17.5. The molecular formula is C11H13NO2. The molecule has 2 N–H and O–H groups in total. The zero-order valence-electron chi connectivity index (χ0n) is 8.08. The Kier molecular flexibility index (Phi) is 1.95. The summed E-state index contributed by atoms with van der Waals surface area (Å²) in [5.41, 5.74) is 2.28. The number of benzene rings is 1. The van der Waals surface area contributed by atoms with E-state index in [4.69, 9.17) is 5.11 Å². The minimum absolute atomic E-state index is 0.349. The first-order chi connectivity index (χ1) is 6.60. The molecule has 3 heteroatoms. The van der Waals surface area contributed by atoms with Gasteiger partial charge in [-0.1, -0.05) is 19.1 Å². The molecule has 0 spiro atoms. The maximum atomic E-state index is 10.4. The van der Waals surface area contributed by atoms with Gasteiger partial charge in [-0.2, -0.15) is 0 Å². The molecule has 1 aromatic carbocycles. The van der Waals surface area contributed by atoms with E-state index in [0.29, 0.717) is 11.1 Å². The van der Waals surface area contributed by atoms with Crippen molar-refractivity contribution in [2.75, 3.05) is 5.32 Å². The van der Waals surface area contributed by atoms with E-state index in [1.165, 1.54) is 18.4 Å². The molecule has 2 rings (SSSR count). The van der Waals surface area contributed by atoms with Crippen LogP contribution in [0.5, 0.6) is 0 Å². The van der Waals surface area contributed by atoms with Crippen molar-refractivity contribution in [3.05, 3.63) is 29.8 Å². The third kappa shape index (κ3) is 1.71. The fourth-order valence-corrected chi connectivity index (χ4v) is 1.56. The number of hydrogen-bond acceptors (Lipinski definition) is 1. The minimum Gasteiger partial charge on any atom is -0.465 e. The molecule has 0 bridgehead atoms. The monoisotopic (exact) mass is 191 g/mol. The third-order valence-corrected chi connectivity index (χ3v) is 2.83. The summed E-state index contributed by atoms with van der Waals surface area (Å²) in [7, 11) is 0. The first-order valence-electron chi connectivity index (χ1n) is 4.71. The van der Waals surface area contributed by atoms with Crippen molar-refractivity contribution in [1.82, 2.24) is 0 Å². The lowest BCUT2D eigenvalue weighted by molar-refractivity contribution is 0.210. The molecule has 1 aromatic rings. The molecule has 1 aliphatic carbocycles. The molecule has 0 radical (unpaired) electrons. The number of amides is 1. The summed E-state index contributed by atoms with van der Waals surface area (Å²) in [6, 6.07) is 7.62. The van der Waals surface area contributed by atoms with Gasteiger partial charge in [0.15, 0.2) is 0 Å². The fraction of sp³-hybridized carbons (Fsp3) is 0.364. The summed E-state index contributed by atoms with van der Waals surface area (Å²) in [5, 5.41) is 10.8. The van der Waals surface area contributed by atoms with E-state index >= 15 is 0 Å². The molecule has 1 saturated carbocycles. The number of nitrogens with one attached hydrogen (secondary N) is 1. The standard InChI is InChI=1S/C11H13NO2/c1-11(6-7-11)8-2-4-9(5-3-8)12-10(13)14/h2-5,12H,6-7H2,1H3,(H,13,14). The maximum absolute atomic E-state index is 10.4. The highest BCUT2D eigenvalue weighted by Crippen LogP contribution is 2.47. The Morgan fingerprint density at radius 2 is 1.93 bits per heavy atom. The molecule has 1 fully saturated rings. The lowest BCUT2D eigenvalue weighted by atomic mass is 9.98. The molecule has 14 heavy (non-hydrogen) atoms. The molecule has 1 amide bonds. The SMILES string of the molecule is CC1(c2ccc(NC(=O)O)cc2)CC1. The Hall–Kier alpha value is -1.51. The van der Waals surface area contributed by atoms with Gasteiger partial charge < -0.3 is 5.11 Å². The number of hydrogen-bond donors (Lipinski definition) is 2. The topological polar surface area (TPSA) is 49.3 Å². The van der Waals surface area contributed by atoms with Crippen molar-refractivity contribution >= 4 is 11.8 Å². The lowest BCUT2D eigenvalue weighted by Crippen LogP contribution is -2.07. The van der Waals surface area contributed by atoms with Gasteiger partial charge in [-0.15, -0.1) is 0 Å². The Morgan fingerprint density at radius 1 is 1.36 bits per heavy atom. The van der Waals surface area contributed by atoms with Crippen LogP contribution in [0.15, 0.2) is 24.3 Å². The van der Waals surface area contributed by atoms with Crippen molar-refractivity contribution in [2.45, 2.75) is 25.2 Å². The van der Waals surface area contributed by atoms with Gasteiger partial charge in [-0.05, 0) is 36.0 Å². The first-order valence-corrected chi connectivity index (χ1v) is 4.71. The molecule has 0 atom stereocenters. The van der Waals surface area contributed by atoms with Gasteiger partial charge in [0.2, 0.25) is 0 Å². The van der Waals surface area contributed by atoms with Gasteiger partial charge in [0.25, 0.3) is 0 Å². The Bertz CT molecular complexity index is 352. The highest BCUT2D eigenvalue weighted by Gasteiger charge is 2.38. The van der Waals surface area contributed by atoms with Crippen LogP contribution in [0.25, 0.3) is 0 Å². The van der Waals surface area contributed by atoms with Crippen LogP contribution in [0.1, 0.15) is 25.3 Å². The van der Waals surface area contributed by atoms with Gasteiger partial charge in [0.1, 0.15) is 0 Å². The van der Waals surface area contributed by atoms with Gasteiger partial charge in [-0.25, -0.2) is 4.79 Å². The molecule has 0 aromatic heterocycles. The van der Waals surface area contributed by atoms with Crippen LogP contribution in [0.2, 0.25) is 0 Å². The Morgan fingerprint density at radius 3 is 2.36 bits per heavy atom. The van der Waals surface area contributed by atoms with Gasteiger partial charge in [0, 0.05) is 5.69 Å². The van der Waals surface area contributed by atoms with E-state index in [-0.39, 0.29) is 0 Å². The zero-order valence-corrected chi connectivity index (χ0v) is 8.08. The first kappa shape index (κ1) is 9.06. The van der Waals surface area contributed by atoms with Crippen molar-refractivity contribution < 1.29 is 9.90 Å². The Balaban J connectivity index is 2.14. The summed E-state index contributed by atoms with van der Waals surface area (Å²) in [6.07, 6.45) is 1.45. The predicted molar refractivity (Wildman–Crippen MR) is 54.7 cm³/mol. The van der Waals surface area contributed by atoms with Crippen molar-refractivity contribution in [2.24, 2.45) is 0 Å². The minimum atomic E-state index is -1.02.